The van der Waals surface area contributed by atoms with Gasteiger partial charge in [-0.05, 0) is 56.0 Å². The molecule has 0 spiro atoms. The first-order valence-corrected chi connectivity index (χ1v) is 10.7. The Morgan fingerprint density at radius 1 is 1.13 bits per heavy atom. The average Bonchev–Trinajstić information content (AvgIpc) is 2.79. The van der Waals surface area contributed by atoms with Gasteiger partial charge in [0.05, 0.1) is 17.6 Å². The van der Waals surface area contributed by atoms with Crippen LogP contribution in [0.5, 0.6) is 0 Å². The Labute approximate surface area is 178 Å². The molecule has 1 atom stereocenters. The van der Waals surface area contributed by atoms with Gasteiger partial charge in [-0.2, -0.15) is 5.26 Å². The second-order valence-corrected chi connectivity index (χ2v) is 8.02. The molecule has 0 saturated carbocycles. The van der Waals surface area contributed by atoms with Crippen LogP contribution in [0.3, 0.4) is 0 Å². The molecule has 2 aromatic rings. The Hall–Kier alpha value is -3.13. The van der Waals surface area contributed by atoms with Crippen molar-refractivity contribution in [2.24, 2.45) is 5.92 Å². The van der Waals surface area contributed by atoms with Crippen molar-refractivity contribution in [1.82, 2.24) is 9.80 Å². The maximum Gasteiger partial charge on any atom is 0.253 e. The second kappa shape index (κ2) is 10.1. The van der Waals surface area contributed by atoms with E-state index in [1.165, 1.54) is 0 Å². The highest BCUT2D eigenvalue weighted by Gasteiger charge is 2.31. The fourth-order valence-corrected chi connectivity index (χ4v) is 3.94. The van der Waals surface area contributed by atoms with Crippen LogP contribution in [0.1, 0.15) is 53.2 Å². The van der Waals surface area contributed by atoms with E-state index < -0.39 is 0 Å². The number of carbonyl (C=O) groups is 2. The van der Waals surface area contributed by atoms with Crippen molar-refractivity contribution in [1.29, 1.82) is 5.26 Å². The van der Waals surface area contributed by atoms with Crippen LogP contribution < -0.4 is 0 Å². The van der Waals surface area contributed by atoms with Gasteiger partial charge in [0, 0.05) is 31.7 Å². The summed E-state index contributed by atoms with van der Waals surface area (Å²) in [6.45, 7) is 6.44. The Morgan fingerprint density at radius 2 is 1.83 bits per heavy atom. The Morgan fingerprint density at radius 3 is 2.47 bits per heavy atom. The van der Waals surface area contributed by atoms with Gasteiger partial charge >= 0.3 is 0 Å². The number of aryl methyl sites for hydroxylation is 1. The summed E-state index contributed by atoms with van der Waals surface area (Å²) in [5.41, 5.74) is 3.43. The lowest BCUT2D eigenvalue weighted by Crippen LogP contribution is -2.46. The minimum atomic E-state index is -0.168. The van der Waals surface area contributed by atoms with Crippen molar-refractivity contribution in [2.75, 3.05) is 19.6 Å². The van der Waals surface area contributed by atoms with Crippen molar-refractivity contribution < 1.29 is 9.59 Å². The number of amides is 2. The van der Waals surface area contributed by atoms with Crippen LogP contribution in [0.25, 0.3) is 0 Å². The smallest absolute Gasteiger partial charge is 0.253 e. The second-order valence-electron chi connectivity index (χ2n) is 8.02. The van der Waals surface area contributed by atoms with Gasteiger partial charge in [0.1, 0.15) is 0 Å². The van der Waals surface area contributed by atoms with Gasteiger partial charge in [0.15, 0.2) is 0 Å². The predicted molar refractivity (Wildman–Crippen MR) is 117 cm³/mol. The topological polar surface area (TPSA) is 64.4 Å². The molecule has 2 amide bonds. The monoisotopic (exact) mass is 403 g/mol. The molecule has 5 nitrogen and oxygen atoms in total. The number of benzene rings is 2. The number of hydrogen-bond donors (Lipinski definition) is 0. The van der Waals surface area contributed by atoms with E-state index in [2.05, 4.69) is 13.0 Å². The van der Waals surface area contributed by atoms with Crippen LogP contribution in [-0.4, -0.2) is 41.2 Å². The fourth-order valence-electron chi connectivity index (χ4n) is 3.94. The molecule has 5 heteroatoms. The summed E-state index contributed by atoms with van der Waals surface area (Å²) < 4.78 is 0. The van der Waals surface area contributed by atoms with Crippen molar-refractivity contribution in [3.05, 3.63) is 70.8 Å². The molecule has 0 bridgehead atoms. The summed E-state index contributed by atoms with van der Waals surface area (Å²) >= 11 is 0. The van der Waals surface area contributed by atoms with E-state index in [1.54, 1.807) is 12.1 Å². The Kier molecular flexibility index (Phi) is 7.24. The highest BCUT2D eigenvalue weighted by molar-refractivity contribution is 5.94. The van der Waals surface area contributed by atoms with E-state index >= 15 is 0 Å². The number of piperidine rings is 1. The normalized spacial score (nSPS) is 16.0. The van der Waals surface area contributed by atoms with Crippen molar-refractivity contribution in [2.45, 2.75) is 39.7 Å². The van der Waals surface area contributed by atoms with Gasteiger partial charge in [-0.3, -0.25) is 9.59 Å². The molecule has 1 aliphatic heterocycles. The molecule has 0 N–H and O–H groups in total. The van der Waals surface area contributed by atoms with E-state index in [4.69, 9.17) is 5.26 Å². The fraction of sp³-hybridized carbons (Fsp3) is 0.400. The maximum atomic E-state index is 13.3. The molecule has 0 radical (unpaired) electrons. The van der Waals surface area contributed by atoms with Crippen molar-refractivity contribution in [3.8, 4) is 6.07 Å². The van der Waals surface area contributed by atoms with Crippen LogP contribution in [0.15, 0.2) is 48.5 Å². The van der Waals surface area contributed by atoms with E-state index in [0.717, 1.165) is 30.4 Å². The molecule has 156 valence electrons. The summed E-state index contributed by atoms with van der Waals surface area (Å²) in [6.07, 6.45) is 2.52. The van der Waals surface area contributed by atoms with Gasteiger partial charge in [-0.15, -0.1) is 0 Å². The molecule has 0 aromatic heterocycles. The lowest BCUT2D eigenvalue weighted by atomic mass is 9.95. The number of hydrogen-bond acceptors (Lipinski definition) is 3. The predicted octanol–water partition coefficient (Wildman–Crippen LogP) is 4.16. The van der Waals surface area contributed by atoms with Gasteiger partial charge < -0.3 is 9.80 Å². The van der Waals surface area contributed by atoms with Crippen LogP contribution in [0, 0.1) is 24.2 Å². The standard InChI is InChI=1S/C25H29N3O2/c1-3-14-27(17-21-10-8-20(16-26)9-11-21)25(30)23-5-4-15-28(18-23)24(29)22-12-6-19(2)7-13-22/h6-13,23H,3-5,14-15,17-18H2,1-2H3. The third-order valence-corrected chi connectivity index (χ3v) is 5.62. The number of nitrogens with zero attached hydrogens (tertiary/aromatic N) is 3. The third-order valence-electron chi connectivity index (χ3n) is 5.62. The zero-order valence-corrected chi connectivity index (χ0v) is 17.8. The summed E-state index contributed by atoms with van der Waals surface area (Å²) in [6, 6.07) is 17.1. The van der Waals surface area contributed by atoms with Gasteiger partial charge in [-0.25, -0.2) is 0 Å². The van der Waals surface area contributed by atoms with E-state index in [9.17, 15) is 9.59 Å². The van der Waals surface area contributed by atoms with Crippen molar-refractivity contribution >= 4 is 11.8 Å². The molecule has 1 heterocycles. The minimum absolute atomic E-state index is 0.00151. The number of carbonyl (C=O) groups excluding carboxylic acids is 2. The molecule has 1 fully saturated rings. The largest absolute Gasteiger partial charge is 0.338 e. The first kappa shape index (κ1) is 21.6. The van der Waals surface area contributed by atoms with E-state index in [-0.39, 0.29) is 17.7 Å². The molecule has 30 heavy (non-hydrogen) atoms. The maximum absolute atomic E-state index is 13.3. The zero-order chi connectivity index (χ0) is 21.5. The van der Waals surface area contributed by atoms with Crippen LogP contribution in [0.2, 0.25) is 0 Å². The summed E-state index contributed by atoms with van der Waals surface area (Å²) in [5, 5.41) is 8.97. The minimum Gasteiger partial charge on any atom is -0.338 e. The summed E-state index contributed by atoms with van der Waals surface area (Å²) in [4.78, 5) is 29.9. The molecular formula is C25H29N3O2. The summed E-state index contributed by atoms with van der Waals surface area (Å²) in [5.74, 6) is -0.0534. The number of likely N-dealkylation sites (tertiary alicyclic amines) is 1. The van der Waals surface area contributed by atoms with Crippen LogP contribution in [0.4, 0.5) is 0 Å². The molecule has 1 aliphatic rings. The number of rotatable bonds is 6. The third kappa shape index (κ3) is 5.27. The SMILES string of the molecule is CCCN(Cc1ccc(C#N)cc1)C(=O)C1CCCN(C(=O)c2ccc(C)cc2)C1. The number of nitriles is 1. The highest BCUT2D eigenvalue weighted by atomic mass is 16.2. The molecule has 2 aromatic carbocycles. The molecule has 1 saturated heterocycles. The Balaban J connectivity index is 1.68. The lowest BCUT2D eigenvalue weighted by Gasteiger charge is -2.35. The lowest BCUT2D eigenvalue weighted by molar-refractivity contribution is -0.137. The molecule has 0 aliphatic carbocycles. The molecule has 3 rings (SSSR count). The molecular weight excluding hydrogens is 374 g/mol. The van der Waals surface area contributed by atoms with E-state index in [0.29, 0.717) is 37.3 Å². The van der Waals surface area contributed by atoms with Gasteiger partial charge in [-0.1, -0.05) is 36.8 Å². The van der Waals surface area contributed by atoms with Crippen molar-refractivity contribution in [3.63, 3.8) is 0 Å². The first-order chi connectivity index (χ1) is 14.5. The zero-order valence-electron chi connectivity index (χ0n) is 17.8. The Bertz CT molecular complexity index is 913. The van der Waals surface area contributed by atoms with Gasteiger partial charge in [0.25, 0.3) is 5.91 Å². The van der Waals surface area contributed by atoms with Crippen LogP contribution >= 0.6 is 0 Å². The van der Waals surface area contributed by atoms with E-state index in [1.807, 2.05) is 53.1 Å². The quantitative estimate of drug-likeness (QED) is 0.728. The highest BCUT2D eigenvalue weighted by Crippen LogP contribution is 2.22. The first-order valence-electron chi connectivity index (χ1n) is 10.7. The summed E-state index contributed by atoms with van der Waals surface area (Å²) in [7, 11) is 0. The van der Waals surface area contributed by atoms with Crippen LogP contribution in [-0.2, 0) is 11.3 Å². The average molecular weight is 404 g/mol. The van der Waals surface area contributed by atoms with Gasteiger partial charge in [0.2, 0.25) is 5.91 Å². The molecule has 1 unspecified atom stereocenters.